The van der Waals surface area contributed by atoms with Crippen LogP contribution in [0.15, 0.2) is 59.2 Å². The summed E-state index contributed by atoms with van der Waals surface area (Å²) in [4.78, 5) is 0. The molecule has 1 heterocycles. The minimum absolute atomic E-state index is 0.969. The van der Waals surface area contributed by atoms with Gasteiger partial charge >= 0.3 is 0 Å². The van der Waals surface area contributed by atoms with Crippen LogP contribution in [0.25, 0.3) is 22.1 Å². The van der Waals surface area contributed by atoms with Gasteiger partial charge in [0.1, 0.15) is 5.58 Å². The highest BCUT2D eigenvalue weighted by Gasteiger charge is 2.07. The Bertz CT molecular complexity index is 634. The van der Waals surface area contributed by atoms with Gasteiger partial charge in [-0.05, 0) is 24.1 Å². The van der Waals surface area contributed by atoms with Crippen molar-refractivity contribution in [3.8, 4) is 11.1 Å². The van der Waals surface area contributed by atoms with Gasteiger partial charge in [-0.1, -0.05) is 42.5 Å². The Morgan fingerprint density at radius 3 is 2.50 bits per heavy atom. The lowest BCUT2D eigenvalue weighted by Gasteiger charge is -2.05. The molecule has 1 nitrogen and oxygen atoms in total. The number of fused-ring (bicyclic) bond motifs is 1. The van der Waals surface area contributed by atoms with Gasteiger partial charge in [0.25, 0.3) is 0 Å². The molecule has 0 bridgehead atoms. The van der Waals surface area contributed by atoms with E-state index in [1.165, 1.54) is 16.7 Å². The minimum atomic E-state index is 0.969. The molecule has 0 N–H and O–H groups in total. The molecule has 0 aliphatic heterocycles. The van der Waals surface area contributed by atoms with Gasteiger partial charge in [0.05, 0.1) is 6.26 Å². The van der Waals surface area contributed by atoms with E-state index >= 15 is 0 Å². The Morgan fingerprint density at radius 2 is 1.62 bits per heavy atom. The Balaban J connectivity index is 2.34. The summed E-state index contributed by atoms with van der Waals surface area (Å²) in [6.45, 7) is 2.12. The number of benzene rings is 2. The van der Waals surface area contributed by atoms with Crippen molar-refractivity contribution >= 4 is 11.0 Å². The molecule has 0 radical (unpaired) electrons. The van der Waals surface area contributed by atoms with Crippen molar-refractivity contribution in [3.63, 3.8) is 0 Å². The van der Waals surface area contributed by atoms with Crippen LogP contribution in [0.2, 0.25) is 0 Å². The standard InChI is InChI=1S/C15H12O/c1-11-5-2-3-7-13(11)14-8-4-6-12-9-10-16-15(12)14/h2-10H,1H3. The van der Waals surface area contributed by atoms with Crippen molar-refractivity contribution in [3.05, 3.63) is 60.4 Å². The molecule has 3 aromatic rings. The maximum Gasteiger partial charge on any atom is 0.141 e. The van der Waals surface area contributed by atoms with Crippen molar-refractivity contribution < 1.29 is 4.42 Å². The minimum Gasteiger partial charge on any atom is -0.464 e. The van der Waals surface area contributed by atoms with Gasteiger partial charge in [0.15, 0.2) is 0 Å². The molecule has 2 aromatic carbocycles. The molecule has 0 aliphatic carbocycles. The highest BCUT2D eigenvalue weighted by molar-refractivity contribution is 5.93. The molecule has 3 rings (SSSR count). The molecule has 0 atom stereocenters. The van der Waals surface area contributed by atoms with Crippen molar-refractivity contribution in [1.82, 2.24) is 0 Å². The molecule has 1 heteroatoms. The van der Waals surface area contributed by atoms with Crippen LogP contribution in [-0.4, -0.2) is 0 Å². The first-order valence-corrected chi connectivity index (χ1v) is 5.38. The molecule has 1 aromatic heterocycles. The Hall–Kier alpha value is -2.02. The summed E-state index contributed by atoms with van der Waals surface area (Å²) in [6.07, 6.45) is 1.74. The molecule has 0 fully saturated rings. The van der Waals surface area contributed by atoms with Crippen LogP contribution in [0.5, 0.6) is 0 Å². The van der Waals surface area contributed by atoms with Gasteiger partial charge in [0.2, 0.25) is 0 Å². The smallest absolute Gasteiger partial charge is 0.141 e. The second-order valence-electron chi connectivity index (χ2n) is 3.96. The van der Waals surface area contributed by atoms with E-state index in [2.05, 4.69) is 49.4 Å². The molecular weight excluding hydrogens is 196 g/mol. The zero-order valence-corrected chi connectivity index (χ0v) is 9.10. The van der Waals surface area contributed by atoms with E-state index < -0.39 is 0 Å². The summed E-state index contributed by atoms with van der Waals surface area (Å²) < 4.78 is 5.56. The maximum absolute atomic E-state index is 5.56. The number of aryl methyl sites for hydroxylation is 1. The predicted molar refractivity (Wildman–Crippen MR) is 66.4 cm³/mol. The predicted octanol–water partition coefficient (Wildman–Crippen LogP) is 4.41. The average Bonchev–Trinajstić information content (AvgIpc) is 2.77. The van der Waals surface area contributed by atoms with Crippen molar-refractivity contribution in [2.45, 2.75) is 6.92 Å². The monoisotopic (exact) mass is 208 g/mol. The van der Waals surface area contributed by atoms with Crippen LogP contribution in [0.4, 0.5) is 0 Å². The Kier molecular flexibility index (Phi) is 2.03. The average molecular weight is 208 g/mol. The number of rotatable bonds is 1. The fourth-order valence-corrected chi connectivity index (χ4v) is 2.08. The first kappa shape index (κ1) is 9.22. The van der Waals surface area contributed by atoms with Crippen LogP contribution in [0.3, 0.4) is 0 Å². The molecule has 0 unspecified atom stereocenters. The maximum atomic E-state index is 5.56. The van der Waals surface area contributed by atoms with E-state index in [1.807, 2.05) is 6.07 Å². The third-order valence-corrected chi connectivity index (χ3v) is 2.91. The summed E-state index contributed by atoms with van der Waals surface area (Å²) in [5, 5.41) is 1.15. The van der Waals surface area contributed by atoms with Gasteiger partial charge in [-0.2, -0.15) is 0 Å². The van der Waals surface area contributed by atoms with E-state index in [1.54, 1.807) is 6.26 Å². The van der Waals surface area contributed by atoms with Crippen molar-refractivity contribution in [1.29, 1.82) is 0 Å². The topological polar surface area (TPSA) is 13.1 Å². The Morgan fingerprint density at radius 1 is 0.812 bits per heavy atom. The molecule has 0 spiro atoms. The van der Waals surface area contributed by atoms with E-state index in [-0.39, 0.29) is 0 Å². The van der Waals surface area contributed by atoms with Gasteiger partial charge < -0.3 is 4.42 Å². The lowest BCUT2D eigenvalue weighted by molar-refractivity contribution is 0.617. The number of para-hydroxylation sites is 1. The summed E-state index contributed by atoms with van der Waals surface area (Å²) in [7, 11) is 0. The second kappa shape index (κ2) is 3.53. The molecule has 0 saturated carbocycles. The van der Waals surface area contributed by atoms with Gasteiger partial charge in [0, 0.05) is 10.9 Å². The zero-order chi connectivity index (χ0) is 11.0. The number of furan rings is 1. The lowest BCUT2D eigenvalue weighted by atomic mass is 9.99. The summed E-state index contributed by atoms with van der Waals surface area (Å²) in [5.74, 6) is 0. The van der Waals surface area contributed by atoms with Gasteiger partial charge in [-0.25, -0.2) is 0 Å². The molecule has 0 aliphatic rings. The highest BCUT2D eigenvalue weighted by Crippen LogP contribution is 2.30. The molecule has 0 saturated heterocycles. The third-order valence-electron chi connectivity index (χ3n) is 2.91. The number of hydrogen-bond donors (Lipinski definition) is 0. The van der Waals surface area contributed by atoms with Crippen LogP contribution < -0.4 is 0 Å². The highest BCUT2D eigenvalue weighted by atomic mass is 16.3. The van der Waals surface area contributed by atoms with Crippen LogP contribution in [0.1, 0.15) is 5.56 Å². The van der Waals surface area contributed by atoms with E-state index in [4.69, 9.17) is 4.42 Å². The zero-order valence-electron chi connectivity index (χ0n) is 9.10. The number of hydrogen-bond acceptors (Lipinski definition) is 1. The largest absolute Gasteiger partial charge is 0.464 e. The molecular formula is C15H12O. The first-order chi connectivity index (χ1) is 7.86. The normalized spacial score (nSPS) is 10.8. The summed E-state index contributed by atoms with van der Waals surface area (Å²) >= 11 is 0. The molecule has 16 heavy (non-hydrogen) atoms. The first-order valence-electron chi connectivity index (χ1n) is 5.38. The van der Waals surface area contributed by atoms with Crippen LogP contribution in [-0.2, 0) is 0 Å². The quantitative estimate of drug-likeness (QED) is 0.577. The SMILES string of the molecule is Cc1ccccc1-c1cccc2ccoc12. The second-order valence-corrected chi connectivity index (χ2v) is 3.96. The Labute approximate surface area is 94.3 Å². The summed E-state index contributed by atoms with van der Waals surface area (Å²) in [5.41, 5.74) is 4.65. The molecule has 78 valence electrons. The van der Waals surface area contributed by atoms with E-state index in [9.17, 15) is 0 Å². The van der Waals surface area contributed by atoms with Crippen molar-refractivity contribution in [2.75, 3.05) is 0 Å². The summed E-state index contributed by atoms with van der Waals surface area (Å²) in [6, 6.07) is 16.6. The lowest BCUT2D eigenvalue weighted by Crippen LogP contribution is -1.82. The van der Waals surface area contributed by atoms with Crippen LogP contribution >= 0.6 is 0 Å². The van der Waals surface area contributed by atoms with E-state index in [0.717, 1.165) is 11.0 Å². The van der Waals surface area contributed by atoms with Gasteiger partial charge in [-0.3, -0.25) is 0 Å². The van der Waals surface area contributed by atoms with E-state index in [0.29, 0.717) is 0 Å². The van der Waals surface area contributed by atoms with Crippen LogP contribution in [0, 0.1) is 6.92 Å². The third kappa shape index (κ3) is 1.33. The fraction of sp³-hybridized carbons (Fsp3) is 0.0667. The van der Waals surface area contributed by atoms with Crippen molar-refractivity contribution in [2.24, 2.45) is 0 Å². The molecule has 0 amide bonds. The fourth-order valence-electron chi connectivity index (χ4n) is 2.08. The van der Waals surface area contributed by atoms with Gasteiger partial charge in [-0.15, -0.1) is 0 Å².